The number of hydrogen-bond donors (Lipinski definition) is 2. The lowest BCUT2D eigenvalue weighted by Gasteiger charge is -2.21. The van der Waals surface area contributed by atoms with Crippen LogP contribution in [0.1, 0.15) is 18.1 Å². The lowest BCUT2D eigenvalue weighted by Crippen LogP contribution is -2.40. The molecule has 1 aliphatic rings. The van der Waals surface area contributed by atoms with E-state index in [4.69, 9.17) is 9.47 Å². The predicted octanol–water partition coefficient (Wildman–Crippen LogP) is 3.58. The van der Waals surface area contributed by atoms with Crippen LogP contribution in [0.3, 0.4) is 0 Å². The van der Waals surface area contributed by atoms with Crippen LogP contribution in [0.25, 0.3) is 0 Å². The Bertz CT molecular complexity index is 802. The highest BCUT2D eigenvalue weighted by Crippen LogP contribution is 2.29. The number of aliphatic imine (C=N–C) groups is 1. The Labute approximate surface area is 169 Å². The number of benzene rings is 2. The summed E-state index contributed by atoms with van der Waals surface area (Å²) in [6.45, 7) is 4.18. The molecule has 0 saturated carbocycles. The van der Waals surface area contributed by atoms with Crippen LogP contribution in [-0.2, 0) is 17.8 Å². The third kappa shape index (κ3) is 5.87. The zero-order valence-electron chi connectivity index (χ0n) is 16.2. The molecule has 1 atom stereocenters. The number of guanidine groups is 1. The van der Waals surface area contributed by atoms with Gasteiger partial charge in [-0.1, -0.05) is 25.1 Å². The van der Waals surface area contributed by atoms with Crippen LogP contribution in [0, 0.1) is 5.82 Å². The van der Waals surface area contributed by atoms with Crippen LogP contribution < -0.4 is 15.4 Å². The first-order chi connectivity index (χ1) is 13.7. The monoisotopic (exact) mass is 403 g/mol. The van der Waals surface area contributed by atoms with E-state index in [2.05, 4.69) is 34.7 Å². The van der Waals surface area contributed by atoms with Gasteiger partial charge in [0, 0.05) is 35.8 Å². The van der Waals surface area contributed by atoms with E-state index < -0.39 is 0 Å². The highest BCUT2D eigenvalue weighted by molar-refractivity contribution is 8.00. The lowest BCUT2D eigenvalue weighted by atomic mass is 10.1. The van der Waals surface area contributed by atoms with Crippen LogP contribution in [0.5, 0.6) is 5.75 Å². The van der Waals surface area contributed by atoms with Crippen molar-refractivity contribution < 1.29 is 13.9 Å². The Morgan fingerprint density at radius 2 is 2.07 bits per heavy atom. The van der Waals surface area contributed by atoms with Crippen molar-refractivity contribution in [2.45, 2.75) is 30.1 Å². The molecule has 0 aromatic heterocycles. The van der Waals surface area contributed by atoms with Gasteiger partial charge in [0.2, 0.25) is 0 Å². The van der Waals surface area contributed by atoms with Crippen LogP contribution in [0.4, 0.5) is 4.39 Å². The molecule has 2 N–H and O–H groups in total. The van der Waals surface area contributed by atoms with Gasteiger partial charge in [-0.25, -0.2) is 4.39 Å². The summed E-state index contributed by atoms with van der Waals surface area (Å²) < 4.78 is 24.6. The topological polar surface area (TPSA) is 54.9 Å². The molecule has 2 aromatic rings. The maximum atomic E-state index is 13.8. The molecule has 0 radical (unpaired) electrons. The smallest absolute Gasteiger partial charge is 0.191 e. The van der Waals surface area contributed by atoms with Gasteiger partial charge >= 0.3 is 0 Å². The fourth-order valence-corrected chi connectivity index (χ4v) is 3.94. The molecule has 28 heavy (non-hydrogen) atoms. The average Bonchev–Trinajstić information content (AvgIpc) is 2.71. The summed E-state index contributed by atoms with van der Waals surface area (Å²) >= 11 is 1.82. The zero-order chi connectivity index (χ0) is 19.8. The third-order valence-corrected chi connectivity index (χ3v) is 5.41. The van der Waals surface area contributed by atoms with Gasteiger partial charge in [-0.15, -0.1) is 11.8 Å². The number of fused-ring (bicyclic) bond motifs is 1. The first-order valence-corrected chi connectivity index (χ1v) is 10.2. The summed E-state index contributed by atoms with van der Waals surface area (Å²) in [6, 6.07) is 13.3. The molecule has 5 nitrogen and oxygen atoms in total. The molecular weight excluding hydrogens is 377 g/mol. The SMILES string of the molecule is CN=C(NCCc1cc(F)cc2c1OCOC2)NCC(C)Sc1ccccc1. The molecule has 150 valence electrons. The highest BCUT2D eigenvalue weighted by atomic mass is 32.2. The summed E-state index contributed by atoms with van der Waals surface area (Å²) in [5, 5.41) is 7.02. The van der Waals surface area contributed by atoms with Crippen molar-refractivity contribution in [3.05, 3.63) is 59.4 Å². The standard InChI is InChI=1S/C21H26FN3O2S/c1-15(28-19-6-4-3-5-7-19)12-25-21(23-2)24-9-8-16-10-18(22)11-17-13-26-14-27-20(16)17/h3-7,10-11,15H,8-9,12-14H2,1-2H3,(H2,23,24,25). The maximum Gasteiger partial charge on any atom is 0.191 e. The molecule has 0 aliphatic carbocycles. The Kier molecular flexibility index (Phi) is 7.56. The summed E-state index contributed by atoms with van der Waals surface area (Å²) in [5.41, 5.74) is 1.60. The maximum absolute atomic E-state index is 13.8. The Morgan fingerprint density at radius 3 is 2.86 bits per heavy atom. The number of nitrogens with zero attached hydrogens (tertiary/aromatic N) is 1. The lowest BCUT2D eigenvalue weighted by molar-refractivity contribution is -0.0172. The number of rotatable bonds is 7. The van der Waals surface area contributed by atoms with Crippen molar-refractivity contribution in [1.82, 2.24) is 10.6 Å². The highest BCUT2D eigenvalue weighted by Gasteiger charge is 2.16. The molecule has 0 bridgehead atoms. The number of ether oxygens (including phenoxy) is 2. The molecule has 1 unspecified atom stereocenters. The van der Waals surface area contributed by atoms with E-state index in [1.54, 1.807) is 7.05 Å². The number of halogens is 1. The fraction of sp³-hybridized carbons (Fsp3) is 0.381. The van der Waals surface area contributed by atoms with Crippen molar-refractivity contribution in [2.75, 3.05) is 26.9 Å². The van der Waals surface area contributed by atoms with Crippen LogP contribution in [0.15, 0.2) is 52.4 Å². The van der Waals surface area contributed by atoms with Gasteiger partial charge in [-0.2, -0.15) is 0 Å². The molecule has 0 amide bonds. The number of thioether (sulfide) groups is 1. The van der Waals surface area contributed by atoms with E-state index in [1.807, 2.05) is 30.0 Å². The second-order valence-electron chi connectivity index (χ2n) is 6.54. The quantitative estimate of drug-likeness (QED) is 0.420. The molecule has 2 aromatic carbocycles. The van der Waals surface area contributed by atoms with Crippen molar-refractivity contribution in [3.63, 3.8) is 0 Å². The summed E-state index contributed by atoms with van der Waals surface area (Å²) in [4.78, 5) is 5.51. The number of hydrogen-bond acceptors (Lipinski definition) is 4. The van der Waals surface area contributed by atoms with Gasteiger partial charge in [-0.3, -0.25) is 4.99 Å². The van der Waals surface area contributed by atoms with Gasteiger partial charge in [0.15, 0.2) is 12.8 Å². The molecule has 0 fully saturated rings. The minimum atomic E-state index is -0.267. The van der Waals surface area contributed by atoms with Gasteiger partial charge in [0.1, 0.15) is 11.6 Å². The molecule has 1 aliphatic heterocycles. The average molecular weight is 404 g/mol. The van der Waals surface area contributed by atoms with E-state index in [0.29, 0.717) is 24.8 Å². The molecule has 0 saturated heterocycles. The van der Waals surface area contributed by atoms with Crippen molar-refractivity contribution in [1.29, 1.82) is 0 Å². The largest absolute Gasteiger partial charge is 0.467 e. The van der Waals surface area contributed by atoms with Gasteiger partial charge in [-0.05, 0) is 36.2 Å². The third-order valence-electron chi connectivity index (χ3n) is 4.30. The van der Waals surface area contributed by atoms with Gasteiger partial charge < -0.3 is 20.1 Å². The Morgan fingerprint density at radius 1 is 1.25 bits per heavy atom. The van der Waals surface area contributed by atoms with E-state index in [1.165, 1.54) is 17.0 Å². The molecule has 7 heteroatoms. The molecule has 3 rings (SSSR count). The van der Waals surface area contributed by atoms with Crippen LogP contribution >= 0.6 is 11.8 Å². The van der Waals surface area contributed by atoms with E-state index in [9.17, 15) is 4.39 Å². The van der Waals surface area contributed by atoms with Gasteiger partial charge in [0.25, 0.3) is 0 Å². The number of nitrogens with one attached hydrogen (secondary N) is 2. The van der Waals surface area contributed by atoms with E-state index >= 15 is 0 Å². The van der Waals surface area contributed by atoms with Gasteiger partial charge in [0.05, 0.1) is 6.61 Å². The van der Waals surface area contributed by atoms with Crippen molar-refractivity contribution in [2.24, 2.45) is 4.99 Å². The second-order valence-corrected chi connectivity index (χ2v) is 8.05. The Balaban J connectivity index is 1.46. The van der Waals surface area contributed by atoms with E-state index in [-0.39, 0.29) is 12.6 Å². The predicted molar refractivity (Wildman–Crippen MR) is 112 cm³/mol. The molecule has 1 heterocycles. The fourth-order valence-electron chi connectivity index (χ4n) is 2.99. The molecule has 0 spiro atoms. The minimum Gasteiger partial charge on any atom is -0.467 e. The van der Waals surface area contributed by atoms with E-state index in [0.717, 1.165) is 29.4 Å². The van der Waals surface area contributed by atoms with Crippen LogP contribution in [0.2, 0.25) is 0 Å². The molecular formula is C21H26FN3O2S. The van der Waals surface area contributed by atoms with Crippen molar-refractivity contribution in [3.8, 4) is 5.75 Å². The second kappa shape index (κ2) is 10.3. The first kappa shape index (κ1) is 20.5. The summed E-state index contributed by atoms with van der Waals surface area (Å²) in [5.74, 6) is 1.21. The zero-order valence-corrected chi connectivity index (χ0v) is 17.0. The first-order valence-electron chi connectivity index (χ1n) is 9.33. The Hall–Kier alpha value is -2.25. The summed E-state index contributed by atoms with van der Waals surface area (Å²) in [7, 11) is 1.74. The van der Waals surface area contributed by atoms with Crippen LogP contribution in [-0.4, -0.2) is 38.1 Å². The normalized spacial score (nSPS) is 14.8. The van der Waals surface area contributed by atoms with Crippen molar-refractivity contribution >= 4 is 17.7 Å². The summed E-state index contributed by atoms with van der Waals surface area (Å²) in [6.07, 6.45) is 0.634. The minimum absolute atomic E-state index is 0.208.